The van der Waals surface area contributed by atoms with Gasteiger partial charge in [0.1, 0.15) is 0 Å². The molecule has 0 fully saturated rings. The van der Waals surface area contributed by atoms with E-state index in [1.807, 2.05) is 54.6 Å². The molecule has 3 heteroatoms. The average Bonchev–Trinajstić information content (AvgIpc) is 2.55. The van der Waals surface area contributed by atoms with Crippen molar-refractivity contribution < 1.29 is 4.79 Å². The Morgan fingerprint density at radius 3 is 2.62 bits per heavy atom. The standard InChI is InChI=1S/C18H15NOS/c20-16(14-5-2-1-3-6-14)10-8-13-9-11-17(21)18-15(13)7-4-12-19-18/h1-7,9,11-12,21H,8,10H2. The smallest absolute Gasteiger partial charge is 0.163 e. The molecule has 0 aliphatic rings. The number of carbonyl (C=O) groups excluding carboxylic acids is 1. The lowest BCUT2D eigenvalue weighted by molar-refractivity contribution is 0.0983. The zero-order chi connectivity index (χ0) is 14.7. The van der Waals surface area contributed by atoms with E-state index >= 15 is 0 Å². The second-order valence-corrected chi connectivity index (χ2v) is 5.41. The Labute approximate surface area is 129 Å². The molecule has 3 rings (SSSR count). The van der Waals surface area contributed by atoms with E-state index in [1.165, 1.54) is 0 Å². The van der Waals surface area contributed by atoms with Crippen molar-refractivity contribution in [3.63, 3.8) is 0 Å². The maximum Gasteiger partial charge on any atom is 0.163 e. The monoisotopic (exact) mass is 293 g/mol. The van der Waals surface area contributed by atoms with Crippen LogP contribution in [-0.2, 0) is 6.42 Å². The summed E-state index contributed by atoms with van der Waals surface area (Å²) in [5, 5.41) is 1.07. The number of fused-ring (bicyclic) bond motifs is 1. The molecule has 3 aromatic rings. The van der Waals surface area contributed by atoms with Gasteiger partial charge in [0.2, 0.25) is 0 Å². The van der Waals surface area contributed by atoms with Crippen LogP contribution < -0.4 is 0 Å². The number of Topliss-reactive ketones (excluding diaryl/α,β-unsaturated/α-hetero) is 1. The molecule has 0 N–H and O–H groups in total. The van der Waals surface area contributed by atoms with Crippen LogP contribution in [-0.4, -0.2) is 10.8 Å². The number of aromatic nitrogens is 1. The van der Waals surface area contributed by atoms with Gasteiger partial charge in [0.05, 0.1) is 5.52 Å². The van der Waals surface area contributed by atoms with E-state index in [0.29, 0.717) is 12.8 Å². The lowest BCUT2D eigenvalue weighted by Crippen LogP contribution is -2.01. The van der Waals surface area contributed by atoms with Gasteiger partial charge in [0.25, 0.3) is 0 Å². The van der Waals surface area contributed by atoms with Crippen LogP contribution in [0.1, 0.15) is 22.3 Å². The summed E-state index contributed by atoms with van der Waals surface area (Å²) in [6.07, 6.45) is 2.98. The molecule has 0 atom stereocenters. The molecule has 0 unspecified atom stereocenters. The zero-order valence-electron chi connectivity index (χ0n) is 11.5. The molecule has 0 saturated carbocycles. The number of nitrogens with zero attached hydrogens (tertiary/aromatic N) is 1. The summed E-state index contributed by atoms with van der Waals surface area (Å²) in [6.45, 7) is 0. The number of aryl methyl sites for hydroxylation is 1. The lowest BCUT2D eigenvalue weighted by Gasteiger charge is -2.07. The van der Waals surface area contributed by atoms with Crippen molar-refractivity contribution in [2.75, 3.05) is 0 Å². The van der Waals surface area contributed by atoms with Crippen LogP contribution in [0.15, 0.2) is 65.7 Å². The molecule has 104 valence electrons. The fourth-order valence-electron chi connectivity index (χ4n) is 2.45. The van der Waals surface area contributed by atoms with Gasteiger partial charge in [-0.05, 0) is 24.1 Å². The Bertz CT molecular complexity index is 784. The molecule has 0 amide bonds. The van der Waals surface area contributed by atoms with Crippen LogP contribution >= 0.6 is 12.6 Å². The van der Waals surface area contributed by atoms with Crippen LogP contribution in [0.4, 0.5) is 0 Å². The van der Waals surface area contributed by atoms with Crippen LogP contribution in [0.5, 0.6) is 0 Å². The molecular formula is C18H15NOS. The highest BCUT2D eigenvalue weighted by Crippen LogP contribution is 2.24. The third kappa shape index (κ3) is 2.98. The predicted octanol–water partition coefficient (Wildman–Crippen LogP) is 4.34. The van der Waals surface area contributed by atoms with Crippen molar-refractivity contribution in [1.82, 2.24) is 4.98 Å². The first kappa shape index (κ1) is 13.8. The zero-order valence-corrected chi connectivity index (χ0v) is 12.4. The second kappa shape index (κ2) is 6.10. The number of benzene rings is 2. The number of carbonyl (C=O) groups is 1. The van der Waals surface area contributed by atoms with Crippen LogP contribution in [0.25, 0.3) is 10.9 Å². The summed E-state index contributed by atoms with van der Waals surface area (Å²) >= 11 is 4.43. The lowest BCUT2D eigenvalue weighted by atomic mass is 10.00. The van der Waals surface area contributed by atoms with Gasteiger partial charge in [0.15, 0.2) is 5.78 Å². The van der Waals surface area contributed by atoms with Crippen LogP contribution in [0, 0.1) is 0 Å². The quantitative estimate of drug-likeness (QED) is 0.573. The van der Waals surface area contributed by atoms with Crippen molar-refractivity contribution in [2.45, 2.75) is 17.7 Å². The Morgan fingerprint density at radius 1 is 1.00 bits per heavy atom. The second-order valence-electron chi connectivity index (χ2n) is 4.93. The van der Waals surface area contributed by atoms with Gasteiger partial charge in [-0.2, -0.15) is 0 Å². The minimum absolute atomic E-state index is 0.169. The molecule has 0 saturated heterocycles. The van der Waals surface area contributed by atoms with Gasteiger partial charge in [-0.1, -0.05) is 42.5 Å². The highest BCUT2D eigenvalue weighted by atomic mass is 32.1. The predicted molar refractivity (Wildman–Crippen MR) is 88.1 cm³/mol. The van der Waals surface area contributed by atoms with E-state index in [2.05, 4.69) is 17.6 Å². The van der Waals surface area contributed by atoms with E-state index in [4.69, 9.17) is 0 Å². The molecule has 0 aliphatic heterocycles. The number of hydrogen-bond acceptors (Lipinski definition) is 3. The van der Waals surface area contributed by atoms with E-state index in [1.54, 1.807) is 6.20 Å². The fraction of sp³-hybridized carbons (Fsp3) is 0.111. The Balaban J connectivity index is 1.83. The summed E-state index contributed by atoms with van der Waals surface area (Å²) in [5.41, 5.74) is 2.80. The molecule has 2 aromatic carbocycles. The Morgan fingerprint density at radius 2 is 1.81 bits per heavy atom. The summed E-state index contributed by atoms with van der Waals surface area (Å²) in [6, 6.07) is 17.3. The molecule has 0 aliphatic carbocycles. The molecular weight excluding hydrogens is 278 g/mol. The third-order valence-corrected chi connectivity index (χ3v) is 3.92. The Hall–Kier alpha value is -2.13. The molecule has 1 aromatic heterocycles. The van der Waals surface area contributed by atoms with Gasteiger partial charge in [-0.25, -0.2) is 0 Å². The minimum atomic E-state index is 0.169. The van der Waals surface area contributed by atoms with Gasteiger partial charge < -0.3 is 0 Å². The van der Waals surface area contributed by atoms with Crippen LogP contribution in [0.3, 0.4) is 0 Å². The minimum Gasteiger partial charge on any atom is -0.294 e. The molecule has 1 heterocycles. The first-order valence-electron chi connectivity index (χ1n) is 6.89. The third-order valence-electron chi connectivity index (χ3n) is 3.56. The molecule has 21 heavy (non-hydrogen) atoms. The fourth-order valence-corrected chi connectivity index (χ4v) is 2.70. The molecule has 0 bridgehead atoms. The first-order valence-corrected chi connectivity index (χ1v) is 7.34. The SMILES string of the molecule is O=C(CCc1ccc(S)c2ncccc12)c1ccccc1. The Kier molecular flexibility index (Phi) is 4.02. The summed E-state index contributed by atoms with van der Waals surface area (Å²) in [7, 11) is 0. The van der Waals surface area contributed by atoms with E-state index in [0.717, 1.165) is 26.9 Å². The van der Waals surface area contributed by atoms with Crippen LogP contribution in [0.2, 0.25) is 0 Å². The van der Waals surface area contributed by atoms with Crippen molar-refractivity contribution in [3.05, 3.63) is 71.9 Å². The molecule has 0 radical (unpaired) electrons. The summed E-state index contributed by atoms with van der Waals surface area (Å²) in [5.74, 6) is 0.169. The van der Waals surface area contributed by atoms with E-state index < -0.39 is 0 Å². The topological polar surface area (TPSA) is 30.0 Å². The number of thiol groups is 1. The van der Waals surface area contributed by atoms with Crippen molar-refractivity contribution in [2.24, 2.45) is 0 Å². The maximum atomic E-state index is 12.2. The number of hydrogen-bond donors (Lipinski definition) is 1. The molecule has 0 spiro atoms. The maximum absolute atomic E-state index is 12.2. The highest BCUT2D eigenvalue weighted by Gasteiger charge is 2.09. The van der Waals surface area contributed by atoms with Gasteiger partial charge in [0, 0.05) is 28.5 Å². The normalized spacial score (nSPS) is 10.7. The summed E-state index contributed by atoms with van der Waals surface area (Å²) in [4.78, 5) is 17.4. The average molecular weight is 293 g/mol. The number of pyridine rings is 1. The van der Waals surface area contributed by atoms with Crippen molar-refractivity contribution in [3.8, 4) is 0 Å². The largest absolute Gasteiger partial charge is 0.294 e. The molecule has 2 nitrogen and oxygen atoms in total. The van der Waals surface area contributed by atoms with Gasteiger partial charge >= 0.3 is 0 Å². The number of rotatable bonds is 4. The first-order chi connectivity index (χ1) is 10.3. The number of ketones is 1. The van der Waals surface area contributed by atoms with E-state index in [9.17, 15) is 4.79 Å². The highest BCUT2D eigenvalue weighted by molar-refractivity contribution is 7.80. The van der Waals surface area contributed by atoms with Gasteiger partial charge in [-0.15, -0.1) is 12.6 Å². The summed E-state index contributed by atoms with van der Waals surface area (Å²) < 4.78 is 0. The van der Waals surface area contributed by atoms with Crippen molar-refractivity contribution in [1.29, 1.82) is 0 Å². The van der Waals surface area contributed by atoms with Crippen molar-refractivity contribution >= 4 is 29.3 Å². The van der Waals surface area contributed by atoms with Gasteiger partial charge in [-0.3, -0.25) is 9.78 Å². The van der Waals surface area contributed by atoms with E-state index in [-0.39, 0.29) is 5.78 Å².